The number of hydrogen-bond acceptors (Lipinski definition) is 5. The number of nitrogens with zero attached hydrogens (tertiary/aromatic N) is 3. The third kappa shape index (κ3) is 2.68. The number of nitrogens with two attached hydrogens (primary N) is 1. The van der Waals surface area contributed by atoms with E-state index >= 15 is 0 Å². The molecule has 3 N–H and O–H groups in total. The Morgan fingerprint density at radius 3 is 2.68 bits per heavy atom. The number of rotatable bonds is 3. The fourth-order valence-corrected chi connectivity index (χ4v) is 3.61. The molecule has 0 saturated carbocycles. The van der Waals surface area contributed by atoms with E-state index < -0.39 is 15.8 Å². The molecule has 0 aliphatic heterocycles. The minimum Gasteiger partial charge on any atom is -0.397 e. The molecular weight excluding hydrogens is 341 g/mol. The summed E-state index contributed by atoms with van der Waals surface area (Å²) in [5.74, 6) is -0.552. The quantitative estimate of drug-likeness (QED) is 0.807. The van der Waals surface area contributed by atoms with Crippen LogP contribution in [0.5, 0.6) is 0 Å². The Bertz CT molecular complexity index is 711. The number of aromatic nitrogens is 3. The van der Waals surface area contributed by atoms with Crippen LogP contribution in [-0.4, -0.2) is 23.4 Å². The number of aryl methyl sites for hydroxylation is 1. The summed E-state index contributed by atoms with van der Waals surface area (Å²) in [4.78, 5) is 0. The van der Waals surface area contributed by atoms with E-state index in [1.165, 1.54) is 13.1 Å². The third-order valence-corrected chi connectivity index (χ3v) is 4.50. The second-order valence-corrected chi connectivity index (χ2v) is 5.99. The molecule has 10 heteroatoms. The van der Waals surface area contributed by atoms with Crippen LogP contribution >= 0.6 is 15.9 Å². The zero-order chi connectivity index (χ0) is 14.2. The van der Waals surface area contributed by atoms with E-state index in [9.17, 15) is 12.8 Å². The van der Waals surface area contributed by atoms with Gasteiger partial charge in [-0.1, -0.05) is 5.21 Å². The minimum atomic E-state index is -3.93. The summed E-state index contributed by atoms with van der Waals surface area (Å²) in [5.41, 5.74) is 5.60. The summed E-state index contributed by atoms with van der Waals surface area (Å²) in [6.07, 6.45) is 0. The van der Waals surface area contributed by atoms with E-state index in [1.54, 1.807) is 0 Å². The normalized spacial score (nSPS) is 11.5. The standard InChI is InChI=1S/C9H9BrFN5O2S/c1-16-9(8(10)13-15-16)19(17,18)14-7-3-2-5(11)4-6(7)12/h2-4,14H,12H2,1H3. The van der Waals surface area contributed by atoms with Gasteiger partial charge in [0.2, 0.25) is 5.03 Å². The first kappa shape index (κ1) is 13.7. The van der Waals surface area contributed by atoms with Crippen LogP contribution in [0.4, 0.5) is 15.8 Å². The summed E-state index contributed by atoms with van der Waals surface area (Å²) in [7, 11) is -2.50. The van der Waals surface area contributed by atoms with Gasteiger partial charge in [0.1, 0.15) is 5.82 Å². The summed E-state index contributed by atoms with van der Waals surface area (Å²) < 4.78 is 40.6. The molecule has 102 valence electrons. The van der Waals surface area contributed by atoms with E-state index in [1.807, 2.05) is 0 Å². The molecule has 0 aliphatic rings. The highest BCUT2D eigenvalue weighted by Gasteiger charge is 2.24. The highest BCUT2D eigenvalue weighted by molar-refractivity contribution is 9.10. The first-order valence-electron chi connectivity index (χ1n) is 4.94. The fourth-order valence-electron chi connectivity index (χ4n) is 1.43. The Labute approximate surface area is 116 Å². The molecule has 1 aromatic carbocycles. The van der Waals surface area contributed by atoms with Crippen LogP contribution < -0.4 is 10.5 Å². The molecule has 0 aliphatic carbocycles. The van der Waals surface area contributed by atoms with Crippen molar-refractivity contribution in [2.45, 2.75) is 5.03 Å². The molecule has 0 bridgehead atoms. The van der Waals surface area contributed by atoms with Crippen molar-refractivity contribution >= 4 is 37.3 Å². The van der Waals surface area contributed by atoms with Crippen molar-refractivity contribution in [2.24, 2.45) is 7.05 Å². The van der Waals surface area contributed by atoms with Crippen LogP contribution in [0.3, 0.4) is 0 Å². The second kappa shape index (κ2) is 4.78. The highest BCUT2D eigenvalue weighted by Crippen LogP contribution is 2.25. The van der Waals surface area contributed by atoms with Gasteiger partial charge in [-0.05, 0) is 34.1 Å². The monoisotopic (exact) mass is 349 g/mol. The largest absolute Gasteiger partial charge is 0.397 e. The molecule has 7 nitrogen and oxygen atoms in total. The number of hydrogen-bond donors (Lipinski definition) is 2. The molecule has 19 heavy (non-hydrogen) atoms. The van der Waals surface area contributed by atoms with Gasteiger partial charge in [0.05, 0.1) is 11.4 Å². The molecule has 0 spiro atoms. The summed E-state index contributed by atoms with van der Waals surface area (Å²) >= 11 is 2.99. The molecule has 1 aromatic heterocycles. The Morgan fingerprint density at radius 1 is 1.47 bits per heavy atom. The number of sulfonamides is 1. The lowest BCUT2D eigenvalue weighted by atomic mass is 10.3. The maximum Gasteiger partial charge on any atom is 0.281 e. The topological polar surface area (TPSA) is 103 Å². The van der Waals surface area contributed by atoms with Crippen molar-refractivity contribution in [1.29, 1.82) is 0 Å². The van der Waals surface area contributed by atoms with Crippen LogP contribution in [0, 0.1) is 5.82 Å². The van der Waals surface area contributed by atoms with Crippen LogP contribution in [-0.2, 0) is 17.1 Å². The van der Waals surface area contributed by atoms with Gasteiger partial charge in [-0.2, -0.15) is 8.42 Å². The van der Waals surface area contributed by atoms with Crippen molar-refractivity contribution in [3.8, 4) is 0 Å². The lowest BCUT2D eigenvalue weighted by Gasteiger charge is -2.10. The Hall–Kier alpha value is -1.68. The van der Waals surface area contributed by atoms with Gasteiger partial charge in [0, 0.05) is 7.05 Å². The molecule has 2 rings (SSSR count). The van der Waals surface area contributed by atoms with E-state index in [-0.39, 0.29) is 21.0 Å². The minimum absolute atomic E-state index is 0.0187. The Morgan fingerprint density at radius 2 is 2.16 bits per heavy atom. The maximum absolute atomic E-state index is 12.9. The predicted octanol–water partition coefficient (Wildman–Crippen LogP) is 1.10. The molecule has 0 saturated heterocycles. The van der Waals surface area contributed by atoms with Crippen molar-refractivity contribution < 1.29 is 12.8 Å². The van der Waals surface area contributed by atoms with Gasteiger partial charge in [-0.25, -0.2) is 9.07 Å². The third-order valence-electron chi connectivity index (χ3n) is 2.25. The molecule has 0 amide bonds. The van der Waals surface area contributed by atoms with Gasteiger partial charge in [-0.15, -0.1) is 5.10 Å². The van der Waals surface area contributed by atoms with E-state index in [0.717, 1.165) is 16.8 Å². The maximum atomic E-state index is 12.9. The highest BCUT2D eigenvalue weighted by atomic mass is 79.9. The number of anilines is 2. The van der Waals surface area contributed by atoms with Gasteiger partial charge in [0.25, 0.3) is 10.0 Å². The van der Waals surface area contributed by atoms with Gasteiger partial charge < -0.3 is 5.73 Å². The number of benzene rings is 1. The molecular formula is C9H9BrFN5O2S. The second-order valence-electron chi connectivity index (χ2n) is 3.65. The van der Waals surface area contributed by atoms with E-state index in [4.69, 9.17) is 5.73 Å². The van der Waals surface area contributed by atoms with Gasteiger partial charge >= 0.3 is 0 Å². The molecule has 0 radical (unpaired) electrons. The van der Waals surface area contributed by atoms with E-state index in [2.05, 4.69) is 31.0 Å². The van der Waals surface area contributed by atoms with Crippen molar-refractivity contribution in [1.82, 2.24) is 15.0 Å². The van der Waals surface area contributed by atoms with Crippen LogP contribution in [0.15, 0.2) is 27.8 Å². The average molecular weight is 350 g/mol. The van der Waals surface area contributed by atoms with Crippen molar-refractivity contribution in [3.63, 3.8) is 0 Å². The Balaban J connectivity index is 2.42. The van der Waals surface area contributed by atoms with Gasteiger partial charge in [0.15, 0.2) is 4.60 Å². The zero-order valence-electron chi connectivity index (χ0n) is 9.63. The molecule has 0 atom stereocenters. The predicted molar refractivity (Wildman–Crippen MR) is 70.3 cm³/mol. The van der Waals surface area contributed by atoms with Crippen LogP contribution in [0.2, 0.25) is 0 Å². The van der Waals surface area contributed by atoms with Crippen LogP contribution in [0.25, 0.3) is 0 Å². The van der Waals surface area contributed by atoms with Gasteiger partial charge in [-0.3, -0.25) is 4.72 Å². The molecule has 1 heterocycles. The fraction of sp³-hybridized carbons (Fsp3) is 0.111. The Kier molecular flexibility index (Phi) is 3.45. The number of halogens is 2. The smallest absolute Gasteiger partial charge is 0.281 e. The number of nitrogen functional groups attached to an aromatic ring is 1. The SMILES string of the molecule is Cn1nnc(Br)c1S(=O)(=O)Nc1ccc(F)cc1N. The average Bonchev–Trinajstić information content (AvgIpc) is 2.63. The summed E-state index contributed by atoms with van der Waals surface area (Å²) in [5, 5.41) is 6.99. The van der Waals surface area contributed by atoms with E-state index in [0.29, 0.717) is 0 Å². The summed E-state index contributed by atoms with van der Waals surface area (Å²) in [6.45, 7) is 0. The molecule has 0 unspecified atom stereocenters. The molecule has 2 aromatic rings. The lowest BCUT2D eigenvalue weighted by Crippen LogP contribution is -2.18. The first-order chi connectivity index (χ1) is 8.81. The zero-order valence-corrected chi connectivity index (χ0v) is 12.0. The first-order valence-corrected chi connectivity index (χ1v) is 7.22. The number of nitrogens with one attached hydrogen (secondary N) is 1. The lowest BCUT2D eigenvalue weighted by molar-refractivity contribution is 0.578. The van der Waals surface area contributed by atoms with Crippen molar-refractivity contribution in [2.75, 3.05) is 10.5 Å². The summed E-state index contributed by atoms with van der Waals surface area (Å²) in [6, 6.07) is 3.36. The van der Waals surface area contributed by atoms with Crippen LogP contribution in [0.1, 0.15) is 0 Å². The van der Waals surface area contributed by atoms with Crippen molar-refractivity contribution in [3.05, 3.63) is 28.6 Å². The molecule has 0 fully saturated rings.